The van der Waals surface area contributed by atoms with Gasteiger partial charge in [0.2, 0.25) is 10.0 Å². The van der Waals surface area contributed by atoms with Gasteiger partial charge in [0, 0.05) is 64.0 Å². The first kappa shape index (κ1) is 21.5. The van der Waals surface area contributed by atoms with E-state index in [1.54, 1.807) is 6.07 Å². The number of piperidine rings is 1. The Hall–Kier alpha value is -1.75. The Morgan fingerprint density at radius 1 is 1.00 bits per heavy atom. The lowest BCUT2D eigenvalue weighted by atomic mass is 10.0. The van der Waals surface area contributed by atoms with Crippen LogP contribution in [0.25, 0.3) is 0 Å². The van der Waals surface area contributed by atoms with E-state index in [9.17, 15) is 18.5 Å². The Balaban J connectivity index is 1.56. The molecule has 0 saturated carbocycles. The lowest BCUT2D eigenvalue weighted by Gasteiger charge is -2.43. The predicted octanol–water partition coefficient (Wildman–Crippen LogP) is 1.60. The van der Waals surface area contributed by atoms with Crippen LogP contribution in [0.5, 0.6) is 0 Å². The van der Waals surface area contributed by atoms with Crippen molar-refractivity contribution in [3.63, 3.8) is 0 Å². The van der Waals surface area contributed by atoms with Crippen LogP contribution in [0.4, 0.5) is 11.4 Å². The summed E-state index contributed by atoms with van der Waals surface area (Å²) in [7, 11) is -1.59. The van der Waals surface area contributed by atoms with Crippen LogP contribution in [0.2, 0.25) is 0 Å². The van der Waals surface area contributed by atoms with Crippen LogP contribution in [0.3, 0.4) is 0 Å². The number of rotatable bonds is 5. The number of nitro benzene ring substituents is 1. The van der Waals surface area contributed by atoms with Gasteiger partial charge in [0.1, 0.15) is 4.90 Å². The molecule has 3 fully saturated rings. The van der Waals surface area contributed by atoms with Crippen LogP contribution in [-0.4, -0.2) is 92.9 Å². The zero-order valence-corrected chi connectivity index (χ0v) is 18.4. The summed E-state index contributed by atoms with van der Waals surface area (Å²) in [5.41, 5.74) is 0.410. The number of non-ortho nitro benzene ring substituents is 1. The molecular weight excluding hydrogens is 406 g/mol. The summed E-state index contributed by atoms with van der Waals surface area (Å²) in [5.74, 6) is 0. The predicted molar refractivity (Wildman–Crippen MR) is 115 cm³/mol. The largest absolute Gasteiger partial charge is 0.368 e. The Kier molecular flexibility index (Phi) is 6.29. The van der Waals surface area contributed by atoms with Crippen molar-refractivity contribution in [3.8, 4) is 0 Å². The number of anilines is 1. The van der Waals surface area contributed by atoms with E-state index in [1.165, 1.54) is 29.3 Å². The van der Waals surface area contributed by atoms with Gasteiger partial charge in [-0.1, -0.05) is 0 Å². The van der Waals surface area contributed by atoms with Crippen molar-refractivity contribution in [1.82, 2.24) is 14.1 Å². The summed E-state index contributed by atoms with van der Waals surface area (Å²) >= 11 is 0. The number of nitro groups is 1. The fourth-order valence-corrected chi connectivity index (χ4v) is 6.67. The van der Waals surface area contributed by atoms with Gasteiger partial charge in [0.25, 0.3) is 5.69 Å². The van der Waals surface area contributed by atoms with Gasteiger partial charge >= 0.3 is 0 Å². The molecule has 0 N–H and O–H groups in total. The van der Waals surface area contributed by atoms with E-state index < -0.39 is 14.9 Å². The molecule has 3 heterocycles. The van der Waals surface area contributed by atoms with Crippen LogP contribution in [-0.2, 0) is 10.0 Å². The third-order valence-corrected chi connectivity index (χ3v) is 8.54. The zero-order valence-electron chi connectivity index (χ0n) is 17.6. The van der Waals surface area contributed by atoms with Crippen molar-refractivity contribution in [3.05, 3.63) is 28.3 Å². The second-order valence-corrected chi connectivity index (χ2v) is 10.5. The summed E-state index contributed by atoms with van der Waals surface area (Å²) in [6.45, 7) is 6.38. The minimum absolute atomic E-state index is 0.0736. The molecule has 1 atom stereocenters. The number of hydrogen-bond donors (Lipinski definition) is 0. The average molecular weight is 438 g/mol. The third kappa shape index (κ3) is 4.32. The summed E-state index contributed by atoms with van der Waals surface area (Å²) in [6, 6.07) is 4.83. The number of nitrogens with zero attached hydrogens (tertiary/aromatic N) is 5. The van der Waals surface area contributed by atoms with Crippen molar-refractivity contribution >= 4 is 21.4 Å². The monoisotopic (exact) mass is 437 g/mol. The molecule has 0 bridgehead atoms. The summed E-state index contributed by atoms with van der Waals surface area (Å²) in [5, 5.41) is 11.3. The van der Waals surface area contributed by atoms with E-state index in [0.717, 1.165) is 52.1 Å². The molecule has 1 aromatic rings. The first-order valence-electron chi connectivity index (χ1n) is 10.8. The SMILES string of the molecule is CN1CCCC(N2CCN(c3ccc([N+](=O)[O-])cc3S(=O)(=O)N3CCCC3)CC2)C1. The van der Waals surface area contributed by atoms with Gasteiger partial charge in [-0.15, -0.1) is 0 Å². The van der Waals surface area contributed by atoms with Gasteiger partial charge in [-0.25, -0.2) is 8.42 Å². The van der Waals surface area contributed by atoms with Gasteiger partial charge in [-0.3, -0.25) is 15.0 Å². The van der Waals surface area contributed by atoms with E-state index in [2.05, 4.69) is 21.7 Å². The lowest BCUT2D eigenvalue weighted by molar-refractivity contribution is -0.385. The number of benzene rings is 1. The maximum Gasteiger partial charge on any atom is 0.270 e. The number of sulfonamides is 1. The highest BCUT2D eigenvalue weighted by Crippen LogP contribution is 2.34. The fraction of sp³-hybridized carbons (Fsp3) is 0.700. The molecule has 166 valence electrons. The Labute approximate surface area is 178 Å². The first-order valence-corrected chi connectivity index (χ1v) is 12.3. The number of likely N-dealkylation sites (N-methyl/N-ethyl adjacent to an activating group) is 1. The Morgan fingerprint density at radius 3 is 2.33 bits per heavy atom. The van der Waals surface area contributed by atoms with Crippen LogP contribution in [0.1, 0.15) is 25.7 Å². The maximum atomic E-state index is 13.3. The summed E-state index contributed by atoms with van der Waals surface area (Å²) < 4.78 is 28.0. The first-order chi connectivity index (χ1) is 14.4. The van der Waals surface area contributed by atoms with Crippen molar-refractivity contribution in [2.75, 3.05) is 64.3 Å². The molecule has 9 nitrogen and oxygen atoms in total. The van der Waals surface area contributed by atoms with Crippen molar-refractivity contribution in [2.24, 2.45) is 0 Å². The van der Waals surface area contributed by atoms with Crippen molar-refractivity contribution in [1.29, 1.82) is 0 Å². The molecule has 10 heteroatoms. The minimum Gasteiger partial charge on any atom is -0.368 e. The fourth-order valence-electron chi connectivity index (χ4n) is 4.92. The quantitative estimate of drug-likeness (QED) is 0.510. The molecule has 3 aliphatic rings. The van der Waals surface area contributed by atoms with E-state index in [0.29, 0.717) is 24.8 Å². The Morgan fingerprint density at radius 2 is 1.70 bits per heavy atom. The smallest absolute Gasteiger partial charge is 0.270 e. The van der Waals surface area contributed by atoms with E-state index >= 15 is 0 Å². The molecule has 30 heavy (non-hydrogen) atoms. The molecule has 0 spiro atoms. The van der Waals surface area contributed by atoms with Crippen LogP contribution >= 0.6 is 0 Å². The van der Waals surface area contributed by atoms with E-state index in [1.807, 2.05) is 0 Å². The number of likely N-dealkylation sites (tertiary alicyclic amines) is 1. The standard InChI is InChI=1S/C20H31N5O4S/c1-21-8-4-5-18(16-21)22-11-13-23(14-12-22)19-7-6-17(25(26)27)15-20(19)30(28,29)24-9-2-3-10-24/h6-7,15,18H,2-5,8-14,16H2,1H3. The normalized spacial score (nSPS) is 25.0. The number of hydrogen-bond acceptors (Lipinski definition) is 7. The van der Waals surface area contributed by atoms with Crippen LogP contribution < -0.4 is 4.90 Å². The lowest BCUT2D eigenvalue weighted by Crippen LogP contribution is -2.54. The highest BCUT2D eigenvalue weighted by molar-refractivity contribution is 7.89. The number of piperazine rings is 1. The molecular formula is C20H31N5O4S. The molecule has 1 unspecified atom stereocenters. The minimum atomic E-state index is -3.75. The van der Waals surface area contributed by atoms with Crippen LogP contribution in [0, 0.1) is 10.1 Å². The molecule has 0 radical (unpaired) electrons. The van der Waals surface area contributed by atoms with Crippen molar-refractivity contribution < 1.29 is 13.3 Å². The van der Waals surface area contributed by atoms with Gasteiger partial charge in [0.05, 0.1) is 10.6 Å². The molecule has 0 amide bonds. The van der Waals surface area contributed by atoms with E-state index in [-0.39, 0.29) is 10.6 Å². The third-order valence-electron chi connectivity index (χ3n) is 6.61. The molecule has 0 aromatic heterocycles. The zero-order chi connectivity index (χ0) is 21.3. The Bertz CT molecular complexity index is 879. The topological polar surface area (TPSA) is 90.2 Å². The second kappa shape index (κ2) is 8.78. The van der Waals surface area contributed by atoms with Gasteiger partial charge in [-0.2, -0.15) is 4.31 Å². The molecule has 4 rings (SSSR count). The summed E-state index contributed by atoms with van der Waals surface area (Å²) in [6.07, 6.45) is 4.08. The summed E-state index contributed by atoms with van der Waals surface area (Å²) in [4.78, 5) is 17.8. The highest BCUT2D eigenvalue weighted by Gasteiger charge is 2.34. The average Bonchev–Trinajstić information content (AvgIpc) is 3.29. The molecule has 0 aliphatic carbocycles. The second-order valence-electron chi connectivity index (χ2n) is 8.60. The molecule has 3 aliphatic heterocycles. The molecule has 3 saturated heterocycles. The van der Waals surface area contributed by atoms with Crippen molar-refractivity contribution in [2.45, 2.75) is 36.6 Å². The van der Waals surface area contributed by atoms with Crippen LogP contribution in [0.15, 0.2) is 23.1 Å². The maximum absolute atomic E-state index is 13.3. The van der Waals surface area contributed by atoms with E-state index in [4.69, 9.17) is 0 Å². The van der Waals surface area contributed by atoms with Gasteiger partial charge in [0.15, 0.2) is 0 Å². The molecule has 1 aromatic carbocycles. The van der Waals surface area contributed by atoms with Gasteiger partial charge < -0.3 is 9.80 Å². The highest BCUT2D eigenvalue weighted by atomic mass is 32.2. The van der Waals surface area contributed by atoms with Gasteiger partial charge in [-0.05, 0) is 45.3 Å².